The molecule has 198 valence electrons. The third-order valence-electron chi connectivity index (χ3n) is 4.94. The van der Waals surface area contributed by atoms with Crippen LogP contribution in [0.25, 0.3) is 0 Å². The normalized spacial score (nSPS) is 13.9. The predicted molar refractivity (Wildman–Crippen MR) is 119 cm³/mol. The van der Waals surface area contributed by atoms with Gasteiger partial charge in [0.2, 0.25) is 0 Å². The first kappa shape index (κ1) is 29.1. The van der Waals surface area contributed by atoms with Crippen LogP contribution in [-0.4, -0.2) is 38.1 Å². The van der Waals surface area contributed by atoms with E-state index in [0.29, 0.717) is 0 Å². The van der Waals surface area contributed by atoms with E-state index in [1.165, 1.54) is 30.4 Å². The van der Waals surface area contributed by atoms with Gasteiger partial charge in [-0.2, -0.15) is 49.1 Å². The number of nitrogens with one attached hydrogen (secondary N) is 2. The number of hydrogen-bond acceptors (Lipinski definition) is 4. The van der Waals surface area contributed by atoms with Gasteiger partial charge < -0.3 is 5.32 Å². The van der Waals surface area contributed by atoms with Crippen LogP contribution in [0.4, 0.5) is 36.4 Å². The highest BCUT2D eigenvalue weighted by Gasteiger charge is 2.76. The minimum Gasteiger partial charge on any atom is -0.321 e. The number of sulfonamides is 1. The molecule has 0 heterocycles. The van der Waals surface area contributed by atoms with Crippen molar-refractivity contribution in [3.05, 3.63) is 59.7 Å². The minimum atomic E-state index is -6.66. The molecule has 0 aliphatic carbocycles. The average Bonchev–Trinajstić information content (AvgIpc) is 2.76. The molecule has 0 bridgehead atoms. The molecule has 2 N–H and O–H groups in total. The Hall–Kier alpha value is -3.16. The standard InChI is InChI=1S/C22H22F7N3O3S/c1-13(31-32-36(34,35)17-10-8-15(9-11-17)19(2,3)4)14-6-5-7-16(12-14)30-18(33)20(23,24)21(25,26)22(27,28)29/h5-12,32H,1-4H3,(H,30,33). The number of carbonyl (C=O) groups is 1. The van der Waals surface area contributed by atoms with E-state index in [-0.39, 0.29) is 21.6 Å². The lowest BCUT2D eigenvalue weighted by atomic mass is 9.87. The van der Waals surface area contributed by atoms with E-state index in [0.717, 1.165) is 23.8 Å². The summed E-state index contributed by atoms with van der Waals surface area (Å²) in [4.78, 5) is 13.4. The Morgan fingerprint density at radius 3 is 1.94 bits per heavy atom. The predicted octanol–water partition coefficient (Wildman–Crippen LogP) is 5.46. The zero-order valence-corrected chi connectivity index (χ0v) is 20.2. The van der Waals surface area contributed by atoms with Crippen molar-refractivity contribution in [3.8, 4) is 0 Å². The second-order valence-corrected chi connectivity index (χ2v) is 10.4. The van der Waals surface area contributed by atoms with E-state index in [4.69, 9.17) is 0 Å². The molecule has 0 saturated carbocycles. The molecule has 0 aromatic heterocycles. The molecule has 0 spiro atoms. The summed E-state index contributed by atoms with van der Waals surface area (Å²) in [5.41, 5.74) is 0.138. The SMILES string of the molecule is CC(=NNS(=O)(=O)c1ccc(C(C)(C)C)cc1)c1cccc(NC(=O)C(F)(F)C(F)(F)C(F)(F)F)c1. The van der Waals surface area contributed by atoms with Gasteiger partial charge in [0.05, 0.1) is 10.6 Å². The van der Waals surface area contributed by atoms with Gasteiger partial charge >= 0.3 is 23.9 Å². The molecule has 0 atom stereocenters. The summed E-state index contributed by atoms with van der Waals surface area (Å²) in [6.07, 6.45) is -6.66. The smallest absolute Gasteiger partial charge is 0.321 e. The molecule has 0 unspecified atom stereocenters. The molecule has 2 rings (SSSR count). The van der Waals surface area contributed by atoms with Crippen LogP contribution in [0.1, 0.15) is 38.8 Å². The maximum absolute atomic E-state index is 13.6. The molecule has 0 radical (unpaired) electrons. The van der Waals surface area contributed by atoms with Crippen LogP contribution in [-0.2, 0) is 20.2 Å². The molecule has 14 heteroatoms. The average molecular weight is 541 g/mol. The van der Waals surface area contributed by atoms with E-state index in [2.05, 4.69) is 5.10 Å². The van der Waals surface area contributed by atoms with E-state index in [1.54, 1.807) is 12.1 Å². The third kappa shape index (κ3) is 6.15. The summed E-state index contributed by atoms with van der Waals surface area (Å²) in [6, 6.07) is 10.4. The van der Waals surface area contributed by atoms with Gasteiger partial charge in [-0.3, -0.25) is 4.79 Å². The van der Waals surface area contributed by atoms with Crippen molar-refractivity contribution in [2.45, 2.75) is 56.0 Å². The van der Waals surface area contributed by atoms with Crippen LogP contribution in [0.15, 0.2) is 58.5 Å². The Morgan fingerprint density at radius 1 is 0.889 bits per heavy atom. The number of hydrazone groups is 1. The van der Waals surface area contributed by atoms with Crippen molar-refractivity contribution in [2.75, 3.05) is 5.32 Å². The van der Waals surface area contributed by atoms with Gasteiger partial charge in [-0.15, -0.1) is 0 Å². The molecule has 0 fully saturated rings. The summed E-state index contributed by atoms with van der Waals surface area (Å²) >= 11 is 0. The van der Waals surface area contributed by atoms with E-state index in [1.807, 2.05) is 25.6 Å². The second-order valence-electron chi connectivity index (χ2n) is 8.75. The third-order valence-corrected chi connectivity index (χ3v) is 6.16. The van der Waals surface area contributed by atoms with Crippen molar-refractivity contribution in [3.63, 3.8) is 0 Å². The van der Waals surface area contributed by atoms with Gasteiger partial charge in [0.25, 0.3) is 10.0 Å². The Morgan fingerprint density at radius 2 is 1.44 bits per heavy atom. The van der Waals surface area contributed by atoms with Gasteiger partial charge in [0, 0.05) is 5.69 Å². The van der Waals surface area contributed by atoms with Crippen LogP contribution >= 0.6 is 0 Å². The highest BCUT2D eigenvalue weighted by Crippen LogP contribution is 2.46. The number of alkyl halides is 7. The molecule has 0 aliphatic rings. The number of hydrogen-bond donors (Lipinski definition) is 2. The molecule has 0 saturated heterocycles. The highest BCUT2D eigenvalue weighted by molar-refractivity contribution is 7.89. The summed E-state index contributed by atoms with van der Waals surface area (Å²) in [5, 5.41) is 5.01. The monoisotopic (exact) mass is 541 g/mol. The summed E-state index contributed by atoms with van der Waals surface area (Å²) in [7, 11) is -4.10. The molecule has 0 aliphatic heterocycles. The van der Waals surface area contributed by atoms with E-state index >= 15 is 0 Å². The quantitative estimate of drug-likeness (QED) is 0.277. The Labute approximate surface area is 202 Å². The largest absolute Gasteiger partial charge is 0.460 e. The highest BCUT2D eigenvalue weighted by atomic mass is 32.2. The van der Waals surface area contributed by atoms with Crippen molar-refractivity contribution in [1.29, 1.82) is 0 Å². The van der Waals surface area contributed by atoms with Crippen molar-refractivity contribution in [1.82, 2.24) is 4.83 Å². The molecule has 2 aromatic carbocycles. The first-order valence-electron chi connectivity index (χ1n) is 10.1. The molecule has 2 aromatic rings. The Balaban J connectivity index is 2.21. The zero-order valence-electron chi connectivity index (χ0n) is 19.3. The maximum atomic E-state index is 13.6. The number of benzene rings is 2. The second kappa shape index (κ2) is 9.71. The summed E-state index contributed by atoms with van der Waals surface area (Å²) in [6.45, 7) is 7.14. The molecule has 1 amide bonds. The van der Waals surface area contributed by atoms with Crippen LogP contribution in [0.2, 0.25) is 0 Å². The van der Waals surface area contributed by atoms with Gasteiger partial charge in [-0.05, 0) is 47.7 Å². The van der Waals surface area contributed by atoms with Crippen molar-refractivity contribution in [2.24, 2.45) is 5.10 Å². The van der Waals surface area contributed by atoms with Gasteiger partial charge in [-0.1, -0.05) is 45.0 Å². The molecular weight excluding hydrogens is 519 g/mol. The van der Waals surface area contributed by atoms with Crippen LogP contribution in [0.3, 0.4) is 0 Å². The molecule has 6 nitrogen and oxygen atoms in total. The number of halogens is 7. The summed E-state index contributed by atoms with van der Waals surface area (Å²) < 4.78 is 115. The van der Waals surface area contributed by atoms with Gasteiger partial charge in [0.15, 0.2) is 0 Å². The van der Waals surface area contributed by atoms with Crippen molar-refractivity contribution >= 4 is 27.3 Å². The Kier molecular flexibility index (Phi) is 7.84. The lowest BCUT2D eigenvalue weighted by Crippen LogP contribution is -2.57. The van der Waals surface area contributed by atoms with E-state index in [9.17, 15) is 43.9 Å². The molecular formula is C22H22F7N3O3S. The Bertz CT molecular complexity index is 1250. The van der Waals surface area contributed by atoms with Crippen LogP contribution in [0.5, 0.6) is 0 Å². The fourth-order valence-corrected chi connectivity index (χ4v) is 3.59. The number of amides is 1. The maximum Gasteiger partial charge on any atom is 0.460 e. The van der Waals surface area contributed by atoms with Crippen molar-refractivity contribution < 1.29 is 43.9 Å². The fraction of sp³-hybridized carbons (Fsp3) is 0.364. The number of nitrogens with zero attached hydrogens (tertiary/aromatic N) is 1. The van der Waals surface area contributed by atoms with Crippen LogP contribution in [0, 0.1) is 0 Å². The van der Waals surface area contributed by atoms with Gasteiger partial charge in [0.1, 0.15) is 0 Å². The first-order valence-corrected chi connectivity index (χ1v) is 11.6. The number of rotatable bonds is 7. The summed E-state index contributed by atoms with van der Waals surface area (Å²) in [5.74, 6) is -15.6. The fourth-order valence-electron chi connectivity index (χ4n) is 2.73. The van der Waals surface area contributed by atoms with Crippen LogP contribution < -0.4 is 10.1 Å². The number of carbonyl (C=O) groups excluding carboxylic acids is 1. The molecule has 36 heavy (non-hydrogen) atoms. The van der Waals surface area contributed by atoms with E-state index < -0.39 is 39.6 Å². The zero-order chi connectivity index (χ0) is 27.7. The lowest BCUT2D eigenvalue weighted by Gasteiger charge is -2.27. The lowest BCUT2D eigenvalue weighted by molar-refractivity contribution is -0.343. The topological polar surface area (TPSA) is 87.6 Å². The first-order chi connectivity index (χ1) is 16.2. The number of anilines is 1. The minimum absolute atomic E-state index is 0.0339. The van der Waals surface area contributed by atoms with Gasteiger partial charge in [-0.25, -0.2) is 0 Å².